The minimum Gasteiger partial charge on any atom is -0.458 e. The van der Waals surface area contributed by atoms with E-state index in [0.29, 0.717) is 29.4 Å². The van der Waals surface area contributed by atoms with Crippen LogP contribution in [0.4, 0.5) is 10.8 Å². The normalized spacial score (nSPS) is 21.4. The number of anilines is 2. The van der Waals surface area contributed by atoms with E-state index < -0.39 is 16.9 Å². The highest BCUT2D eigenvalue weighted by Crippen LogP contribution is 2.54. The predicted molar refractivity (Wildman–Crippen MR) is 132 cm³/mol. The van der Waals surface area contributed by atoms with Gasteiger partial charge in [0.1, 0.15) is 17.5 Å². The average Bonchev–Trinajstić information content (AvgIpc) is 3.55. The van der Waals surface area contributed by atoms with E-state index in [1.54, 1.807) is 22.0 Å². The zero-order valence-corrected chi connectivity index (χ0v) is 20.2. The zero-order valence-electron chi connectivity index (χ0n) is 18.5. The molecule has 0 spiro atoms. The third kappa shape index (κ3) is 3.99. The molecule has 174 valence electrons. The van der Waals surface area contributed by atoms with E-state index >= 15 is 0 Å². The van der Waals surface area contributed by atoms with Crippen molar-refractivity contribution in [3.63, 3.8) is 0 Å². The van der Waals surface area contributed by atoms with Crippen molar-refractivity contribution < 1.29 is 19.1 Å². The fourth-order valence-corrected chi connectivity index (χ4v) is 7.03. The molecule has 2 fully saturated rings. The van der Waals surface area contributed by atoms with Crippen molar-refractivity contribution in [2.24, 2.45) is 0 Å². The molecule has 2 aliphatic rings. The first-order valence-electron chi connectivity index (χ1n) is 11.0. The summed E-state index contributed by atoms with van der Waals surface area (Å²) in [5.74, 6) is -0.112. The maximum atomic E-state index is 13.0. The van der Waals surface area contributed by atoms with Crippen LogP contribution in [0.5, 0.6) is 0 Å². The summed E-state index contributed by atoms with van der Waals surface area (Å²) in [7, 11) is 0. The van der Waals surface area contributed by atoms with E-state index in [2.05, 4.69) is 4.98 Å². The van der Waals surface area contributed by atoms with E-state index in [-0.39, 0.29) is 18.4 Å². The Morgan fingerprint density at radius 3 is 2.56 bits per heavy atom. The summed E-state index contributed by atoms with van der Waals surface area (Å²) < 4.78 is 5.60. The standard InChI is InChI=1S/C25H23N3O4S2/c1-17(29)27(20-10-6-3-7-11-20)24-26-19(15-33-24)14-32-23(31)21-16-34-25(13-12-22(30)28(21)25)18-8-4-2-5-9-18/h2-11,15,21H,12-14,16H2,1H3/t21-,25-/m0/s1. The quantitative estimate of drug-likeness (QED) is 0.472. The zero-order chi connectivity index (χ0) is 23.7. The van der Waals surface area contributed by atoms with Crippen LogP contribution in [0.2, 0.25) is 0 Å². The first-order chi connectivity index (χ1) is 16.5. The third-order valence-corrected chi connectivity index (χ3v) is 8.52. The smallest absolute Gasteiger partial charge is 0.330 e. The van der Waals surface area contributed by atoms with Crippen LogP contribution in [0.15, 0.2) is 66.0 Å². The first kappa shape index (κ1) is 22.6. The van der Waals surface area contributed by atoms with Crippen LogP contribution in [0, 0.1) is 0 Å². The molecule has 34 heavy (non-hydrogen) atoms. The topological polar surface area (TPSA) is 79.8 Å². The number of hydrogen-bond donors (Lipinski definition) is 0. The van der Waals surface area contributed by atoms with Gasteiger partial charge in [0.2, 0.25) is 11.8 Å². The van der Waals surface area contributed by atoms with Crippen molar-refractivity contribution in [1.29, 1.82) is 0 Å². The summed E-state index contributed by atoms with van der Waals surface area (Å²) in [5.41, 5.74) is 2.32. The number of rotatable bonds is 6. The third-order valence-electron chi connectivity index (χ3n) is 6.05. The van der Waals surface area contributed by atoms with Crippen LogP contribution >= 0.6 is 23.1 Å². The van der Waals surface area contributed by atoms with Crippen molar-refractivity contribution in [3.8, 4) is 0 Å². The number of ether oxygens (including phenoxy) is 1. The molecule has 2 aliphatic heterocycles. The first-order valence-corrected chi connectivity index (χ1v) is 12.8. The van der Waals surface area contributed by atoms with Gasteiger partial charge in [-0.05, 0) is 24.1 Å². The van der Waals surface area contributed by atoms with Crippen LogP contribution in [0.3, 0.4) is 0 Å². The second kappa shape index (κ2) is 9.23. The number of carbonyl (C=O) groups is 3. The molecular formula is C25H23N3O4S2. The molecule has 2 aromatic carbocycles. The number of nitrogens with zero attached hydrogens (tertiary/aromatic N) is 3. The van der Waals surface area contributed by atoms with Crippen LogP contribution in [0.25, 0.3) is 0 Å². The molecule has 3 heterocycles. The molecule has 1 aromatic heterocycles. The van der Waals surface area contributed by atoms with Crippen molar-refractivity contribution in [3.05, 3.63) is 77.3 Å². The molecule has 2 saturated heterocycles. The van der Waals surface area contributed by atoms with Crippen LogP contribution in [-0.4, -0.2) is 39.5 Å². The predicted octanol–water partition coefficient (Wildman–Crippen LogP) is 4.46. The lowest BCUT2D eigenvalue weighted by Crippen LogP contribution is -2.46. The lowest BCUT2D eigenvalue weighted by atomic mass is 10.0. The van der Waals surface area contributed by atoms with Gasteiger partial charge in [0.05, 0.1) is 11.4 Å². The molecule has 0 saturated carbocycles. The number of hydrogen-bond acceptors (Lipinski definition) is 7. The van der Waals surface area contributed by atoms with E-state index in [9.17, 15) is 14.4 Å². The van der Waals surface area contributed by atoms with Gasteiger partial charge >= 0.3 is 5.97 Å². The van der Waals surface area contributed by atoms with Gasteiger partial charge in [0.25, 0.3) is 0 Å². The van der Waals surface area contributed by atoms with Gasteiger partial charge in [-0.1, -0.05) is 48.5 Å². The number of amides is 2. The molecule has 9 heteroatoms. The van der Waals surface area contributed by atoms with Gasteiger partial charge in [-0.15, -0.1) is 23.1 Å². The average molecular weight is 494 g/mol. The number of para-hydroxylation sites is 1. The Balaban J connectivity index is 1.29. The maximum Gasteiger partial charge on any atom is 0.330 e. The van der Waals surface area contributed by atoms with Gasteiger partial charge in [0, 0.05) is 24.5 Å². The monoisotopic (exact) mass is 493 g/mol. The summed E-state index contributed by atoms with van der Waals surface area (Å²) in [6, 6.07) is 18.5. The summed E-state index contributed by atoms with van der Waals surface area (Å²) in [6.45, 7) is 1.47. The van der Waals surface area contributed by atoms with Crippen molar-refractivity contribution in [2.45, 2.75) is 37.3 Å². The van der Waals surface area contributed by atoms with Crippen molar-refractivity contribution in [2.75, 3.05) is 10.7 Å². The highest BCUT2D eigenvalue weighted by atomic mass is 32.2. The van der Waals surface area contributed by atoms with Crippen molar-refractivity contribution in [1.82, 2.24) is 9.88 Å². The van der Waals surface area contributed by atoms with E-state index in [4.69, 9.17) is 4.74 Å². The number of thiazole rings is 1. The minimum absolute atomic E-state index is 0.0165. The highest BCUT2D eigenvalue weighted by Gasteiger charge is 2.57. The summed E-state index contributed by atoms with van der Waals surface area (Å²) in [6.07, 6.45) is 1.10. The lowest BCUT2D eigenvalue weighted by Gasteiger charge is -2.33. The molecule has 0 N–H and O–H groups in total. The molecule has 0 radical (unpaired) electrons. The Morgan fingerprint density at radius 2 is 1.85 bits per heavy atom. The summed E-state index contributed by atoms with van der Waals surface area (Å²) >= 11 is 2.94. The van der Waals surface area contributed by atoms with Gasteiger partial charge in [-0.25, -0.2) is 9.78 Å². The van der Waals surface area contributed by atoms with Gasteiger partial charge in [-0.3, -0.25) is 14.5 Å². The maximum absolute atomic E-state index is 13.0. The molecule has 2 atom stereocenters. The fraction of sp³-hybridized carbons (Fsp3) is 0.280. The number of aromatic nitrogens is 1. The van der Waals surface area contributed by atoms with E-state index in [1.807, 2.05) is 60.7 Å². The number of carbonyl (C=O) groups excluding carboxylic acids is 3. The number of fused-ring (bicyclic) bond motifs is 1. The molecule has 0 aliphatic carbocycles. The largest absolute Gasteiger partial charge is 0.458 e. The van der Waals surface area contributed by atoms with Crippen LogP contribution in [0.1, 0.15) is 31.0 Å². The van der Waals surface area contributed by atoms with Crippen LogP contribution in [-0.2, 0) is 30.6 Å². The fourth-order valence-electron chi connectivity index (χ4n) is 4.53. The second-order valence-corrected chi connectivity index (χ2v) is 10.3. The summed E-state index contributed by atoms with van der Waals surface area (Å²) in [4.78, 5) is 45.3. The molecular weight excluding hydrogens is 470 g/mol. The van der Waals surface area contributed by atoms with E-state index in [0.717, 1.165) is 11.3 Å². The number of benzene rings is 2. The van der Waals surface area contributed by atoms with Gasteiger partial charge in [-0.2, -0.15) is 0 Å². The molecule has 2 amide bonds. The Kier molecular flexibility index (Phi) is 6.14. The Morgan fingerprint density at radius 1 is 1.15 bits per heavy atom. The summed E-state index contributed by atoms with van der Waals surface area (Å²) in [5, 5.41) is 2.29. The minimum atomic E-state index is -0.628. The van der Waals surface area contributed by atoms with E-state index in [1.165, 1.54) is 23.2 Å². The molecule has 0 bridgehead atoms. The van der Waals surface area contributed by atoms with Gasteiger partial charge in [0.15, 0.2) is 5.13 Å². The molecule has 7 nitrogen and oxygen atoms in total. The molecule has 5 rings (SSSR count). The molecule has 3 aromatic rings. The Labute approximate surface area is 205 Å². The Hall–Kier alpha value is -3.17. The highest BCUT2D eigenvalue weighted by molar-refractivity contribution is 8.00. The van der Waals surface area contributed by atoms with Gasteiger partial charge < -0.3 is 9.64 Å². The number of thioether (sulfide) groups is 1. The lowest BCUT2D eigenvalue weighted by molar-refractivity contribution is -0.155. The SMILES string of the molecule is CC(=O)N(c1ccccc1)c1nc(COC(=O)[C@@H]2CS[C@]3(c4ccccc4)CCC(=O)N23)cs1. The molecule has 0 unspecified atom stereocenters. The second-order valence-electron chi connectivity index (χ2n) is 8.16. The Bertz CT molecular complexity index is 1220. The van der Waals surface area contributed by atoms with Crippen molar-refractivity contribution >= 4 is 51.7 Å². The van der Waals surface area contributed by atoms with Crippen LogP contribution < -0.4 is 4.90 Å². The number of esters is 1.